The molecule has 4 saturated carbocycles. The van der Waals surface area contributed by atoms with Crippen LogP contribution < -0.4 is 0 Å². The molecule has 0 unspecified atom stereocenters. The van der Waals surface area contributed by atoms with Crippen molar-refractivity contribution >= 4 is 5.78 Å². The van der Waals surface area contributed by atoms with E-state index in [4.69, 9.17) is 0 Å². The third kappa shape index (κ3) is 3.87. The number of hydrogen-bond donors (Lipinski definition) is 0. The maximum atomic E-state index is 12.3. The lowest BCUT2D eigenvalue weighted by molar-refractivity contribution is -0.121. The Bertz CT molecular complexity index is 593. The molecule has 0 aromatic heterocycles. The smallest absolute Gasteiger partial charge is 0.132 e. The van der Waals surface area contributed by atoms with Crippen molar-refractivity contribution in [2.45, 2.75) is 118 Å². The van der Waals surface area contributed by atoms with Crippen molar-refractivity contribution in [2.75, 3.05) is 0 Å². The average molecular weight is 401 g/mol. The monoisotopic (exact) mass is 400 g/mol. The quantitative estimate of drug-likeness (QED) is 0.456. The molecular weight excluding hydrogens is 352 g/mol. The number of Topliss-reactive ketones (excluding diaryl/α,β-unsaturated/α-hetero) is 1. The summed E-state index contributed by atoms with van der Waals surface area (Å²) in [7, 11) is 0. The molecule has 8 atom stereocenters. The minimum atomic E-state index is 0.411. The zero-order valence-corrected chi connectivity index (χ0v) is 20.1. The summed E-state index contributed by atoms with van der Waals surface area (Å²) in [6, 6.07) is 0. The van der Waals surface area contributed by atoms with E-state index in [1.165, 1.54) is 64.2 Å². The Morgan fingerprint density at radius 3 is 2.31 bits per heavy atom. The minimum Gasteiger partial charge on any atom is -0.300 e. The summed E-state index contributed by atoms with van der Waals surface area (Å²) < 4.78 is 0. The molecule has 0 aromatic rings. The maximum absolute atomic E-state index is 12.3. The Kier molecular flexibility index (Phi) is 6.27. The van der Waals surface area contributed by atoms with Gasteiger partial charge in [-0.3, -0.25) is 4.79 Å². The first-order valence-electron chi connectivity index (χ1n) is 13.3. The molecule has 166 valence electrons. The van der Waals surface area contributed by atoms with E-state index >= 15 is 0 Å². The van der Waals surface area contributed by atoms with E-state index in [-0.39, 0.29) is 0 Å². The van der Waals surface area contributed by atoms with E-state index < -0.39 is 0 Å². The van der Waals surface area contributed by atoms with E-state index in [0.717, 1.165) is 60.7 Å². The van der Waals surface area contributed by atoms with E-state index in [0.29, 0.717) is 16.6 Å². The van der Waals surface area contributed by atoms with E-state index in [1.807, 2.05) is 0 Å². The Balaban J connectivity index is 1.46. The molecule has 0 radical (unpaired) electrons. The van der Waals surface area contributed by atoms with Gasteiger partial charge >= 0.3 is 0 Å². The number of rotatable bonds is 5. The van der Waals surface area contributed by atoms with Crippen molar-refractivity contribution in [1.29, 1.82) is 0 Å². The van der Waals surface area contributed by atoms with Crippen LogP contribution in [0.25, 0.3) is 0 Å². The van der Waals surface area contributed by atoms with Gasteiger partial charge in [0.25, 0.3) is 0 Å². The molecule has 4 rings (SSSR count). The zero-order chi connectivity index (χ0) is 20.8. The number of fused-ring (bicyclic) bond motifs is 5. The lowest BCUT2D eigenvalue weighted by Gasteiger charge is -2.61. The topological polar surface area (TPSA) is 17.1 Å². The van der Waals surface area contributed by atoms with Gasteiger partial charge in [-0.2, -0.15) is 0 Å². The van der Waals surface area contributed by atoms with Gasteiger partial charge in [0.2, 0.25) is 0 Å². The second kappa shape index (κ2) is 8.31. The van der Waals surface area contributed by atoms with Crippen LogP contribution in [0.1, 0.15) is 118 Å². The van der Waals surface area contributed by atoms with Gasteiger partial charge < -0.3 is 0 Å². The summed E-state index contributed by atoms with van der Waals surface area (Å²) in [6.07, 6.45) is 17.2. The third-order valence-corrected chi connectivity index (χ3v) is 11.1. The molecule has 1 nitrogen and oxygen atoms in total. The molecule has 4 aliphatic rings. The van der Waals surface area contributed by atoms with Crippen molar-refractivity contribution in [3.05, 3.63) is 0 Å². The van der Waals surface area contributed by atoms with Crippen LogP contribution in [0.2, 0.25) is 0 Å². The van der Waals surface area contributed by atoms with E-state index in [9.17, 15) is 4.79 Å². The van der Waals surface area contributed by atoms with Crippen LogP contribution in [0.4, 0.5) is 0 Å². The molecule has 4 aliphatic carbocycles. The molecule has 0 spiro atoms. The van der Waals surface area contributed by atoms with Gasteiger partial charge in [-0.25, -0.2) is 0 Å². The molecule has 0 aromatic carbocycles. The second-order valence-electron chi connectivity index (χ2n) is 12.8. The largest absolute Gasteiger partial charge is 0.300 e. The predicted molar refractivity (Wildman–Crippen MR) is 123 cm³/mol. The fourth-order valence-electron chi connectivity index (χ4n) is 9.01. The summed E-state index contributed by atoms with van der Waals surface area (Å²) >= 11 is 0. The highest BCUT2D eigenvalue weighted by molar-refractivity contribution is 5.78. The highest BCUT2D eigenvalue weighted by atomic mass is 16.1. The summed E-state index contributed by atoms with van der Waals surface area (Å²) in [5.41, 5.74) is 0.823. The number of carbonyl (C=O) groups is 1. The number of ketones is 1. The summed E-state index contributed by atoms with van der Waals surface area (Å²) in [4.78, 5) is 12.3. The van der Waals surface area contributed by atoms with E-state index in [1.54, 1.807) is 0 Å². The fraction of sp³-hybridized carbons (Fsp3) is 0.964. The molecule has 0 N–H and O–H groups in total. The highest BCUT2D eigenvalue weighted by Gasteiger charge is 2.59. The maximum Gasteiger partial charge on any atom is 0.132 e. The van der Waals surface area contributed by atoms with Gasteiger partial charge in [0.1, 0.15) is 5.78 Å². The molecular formula is C28H48O. The molecule has 0 bridgehead atoms. The van der Waals surface area contributed by atoms with Crippen molar-refractivity contribution in [1.82, 2.24) is 0 Å². The summed E-state index contributed by atoms with van der Waals surface area (Å²) in [5, 5.41) is 0. The Hall–Kier alpha value is -0.330. The standard InChI is InChI=1S/C28H48O/c1-19(2)7-6-8-20(3)22-9-10-24-23(22)11-12-26-25(24)15-17-27(4)16-13-21(29)14-18-28(26,27)5/h19-20,22-26H,6-18H2,1-5H3/t20-,22-,23+,24+,25+,26+,27+,28+/m0/s1. The second-order valence-corrected chi connectivity index (χ2v) is 12.8. The fourth-order valence-corrected chi connectivity index (χ4v) is 9.01. The molecule has 1 heteroatoms. The normalized spacial score (nSPS) is 46.0. The molecule has 0 amide bonds. The first kappa shape index (κ1) is 21.9. The summed E-state index contributed by atoms with van der Waals surface area (Å²) in [5.74, 6) is 7.22. The minimum absolute atomic E-state index is 0.411. The van der Waals surface area contributed by atoms with Crippen molar-refractivity contribution in [3.8, 4) is 0 Å². The molecule has 0 heterocycles. The van der Waals surface area contributed by atoms with Crippen molar-refractivity contribution in [2.24, 2.45) is 52.3 Å². The van der Waals surface area contributed by atoms with Gasteiger partial charge in [0.05, 0.1) is 0 Å². The molecule has 4 fully saturated rings. The lowest BCUT2D eigenvalue weighted by Crippen LogP contribution is -2.53. The third-order valence-electron chi connectivity index (χ3n) is 11.1. The Morgan fingerprint density at radius 1 is 0.828 bits per heavy atom. The average Bonchev–Trinajstić information content (AvgIpc) is 3.07. The highest BCUT2D eigenvalue weighted by Crippen LogP contribution is 2.67. The van der Waals surface area contributed by atoms with Crippen LogP contribution in [0.15, 0.2) is 0 Å². The van der Waals surface area contributed by atoms with Crippen molar-refractivity contribution < 1.29 is 4.79 Å². The predicted octanol–water partition coefficient (Wildman–Crippen LogP) is 8.07. The van der Waals surface area contributed by atoms with Crippen LogP contribution in [0.5, 0.6) is 0 Å². The van der Waals surface area contributed by atoms with Crippen LogP contribution in [0.3, 0.4) is 0 Å². The lowest BCUT2D eigenvalue weighted by atomic mass is 9.44. The number of carbonyl (C=O) groups excluding carboxylic acids is 1. The first-order chi connectivity index (χ1) is 13.7. The van der Waals surface area contributed by atoms with Crippen LogP contribution in [-0.4, -0.2) is 5.78 Å². The molecule has 0 saturated heterocycles. The van der Waals surface area contributed by atoms with Crippen LogP contribution >= 0.6 is 0 Å². The van der Waals surface area contributed by atoms with Crippen LogP contribution in [-0.2, 0) is 4.79 Å². The van der Waals surface area contributed by atoms with E-state index in [2.05, 4.69) is 34.6 Å². The first-order valence-corrected chi connectivity index (χ1v) is 13.3. The zero-order valence-electron chi connectivity index (χ0n) is 20.1. The summed E-state index contributed by atoms with van der Waals surface area (Å²) in [6.45, 7) is 12.5. The van der Waals surface area contributed by atoms with Gasteiger partial charge in [-0.05, 0) is 104 Å². The molecule has 29 heavy (non-hydrogen) atoms. The Morgan fingerprint density at radius 2 is 1.55 bits per heavy atom. The Labute approximate surface area is 181 Å². The number of hydrogen-bond acceptors (Lipinski definition) is 1. The van der Waals surface area contributed by atoms with Gasteiger partial charge in [0.15, 0.2) is 0 Å². The molecule has 0 aliphatic heterocycles. The van der Waals surface area contributed by atoms with Crippen molar-refractivity contribution in [3.63, 3.8) is 0 Å². The SMILES string of the molecule is CC(C)CCC[C@H](C)[C@@H]1CC[C@@H]2[C@@H]1CC[C@@H]1[C@@H]2CC[C@@]2(C)CCC(=O)CC[C@]12C. The van der Waals surface area contributed by atoms with Gasteiger partial charge in [-0.15, -0.1) is 0 Å². The van der Waals surface area contributed by atoms with Crippen LogP contribution in [0, 0.1) is 52.3 Å². The van der Waals surface area contributed by atoms with Gasteiger partial charge in [0, 0.05) is 12.8 Å². The van der Waals surface area contributed by atoms with Gasteiger partial charge in [-0.1, -0.05) is 53.9 Å².